The smallest absolute Gasteiger partial charge is 0.258 e. The zero-order chi connectivity index (χ0) is 33.3. The Bertz CT molecular complexity index is 1950. The molecule has 4 bridgehead atoms. The summed E-state index contributed by atoms with van der Waals surface area (Å²) in [6.07, 6.45) is 1.00. The lowest BCUT2D eigenvalue weighted by Crippen LogP contribution is -2.58. The van der Waals surface area contributed by atoms with E-state index < -0.39 is 46.4 Å². The van der Waals surface area contributed by atoms with E-state index in [0.29, 0.717) is 34.1 Å². The van der Waals surface area contributed by atoms with E-state index >= 15 is 0 Å². The van der Waals surface area contributed by atoms with Crippen molar-refractivity contribution in [1.82, 2.24) is 19.9 Å². The minimum atomic E-state index is -4.05. The lowest BCUT2D eigenvalue weighted by atomic mass is 10.0. The molecule has 0 aliphatic carbocycles. The first kappa shape index (κ1) is 32.0. The minimum absolute atomic E-state index is 0.0120. The van der Waals surface area contributed by atoms with Crippen molar-refractivity contribution in [3.05, 3.63) is 89.2 Å². The molecule has 1 fully saturated rings. The van der Waals surface area contributed by atoms with Crippen molar-refractivity contribution in [3.63, 3.8) is 0 Å². The van der Waals surface area contributed by atoms with Gasteiger partial charge in [-0.25, -0.2) is 17.8 Å². The standard InChI is InChI=1S/C33H33FN4O8S/c1-19-4-5-22(30-16-35-20(2)45-30)13-31(19)47(41,42)38-9-8-27-26(17-38)37-32(39)18-44-29-12-23(6-7-28(29)43-3)33(40)36-15-21-10-24(34)14-25(11-21)46-27/h4-7,10-14,16,26-27H,8-9,15,17-18H2,1-3H3,(H,36,40)(H,37,39)/t26-,27+/m1/s1. The number of carbonyl (C=O) groups is 2. The predicted molar refractivity (Wildman–Crippen MR) is 167 cm³/mol. The van der Waals surface area contributed by atoms with E-state index in [-0.39, 0.29) is 48.0 Å². The number of nitrogens with zero attached hydrogens (tertiary/aromatic N) is 2. The number of piperidine rings is 1. The van der Waals surface area contributed by atoms with Crippen molar-refractivity contribution in [1.29, 1.82) is 0 Å². The van der Waals surface area contributed by atoms with Crippen LogP contribution in [0.25, 0.3) is 11.3 Å². The third-order valence-electron chi connectivity index (χ3n) is 8.03. The van der Waals surface area contributed by atoms with Crippen molar-refractivity contribution in [2.75, 3.05) is 26.8 Å². The zero-order valence-corrected chi connectivity index (χ0v) is 26.7. The summed E-state index contributed by atoms with van der Waals surface area (Å²) in [5.74, 6) is -0.0495. The molecule has 6 rings (SSSR count). The molecule has 0 unspecified atom stereocenters. The Hall–Kier alpha value is -4.95. The number of hydrogen-bond acceptors (Lipinski definition) is 9. The Morgan fingerprint density at radius 3 is 2.62 bits per heavy atom. The normalized spacial score (nSPS) is 19.1. The van der Waals surface area contributed by atoms with Gasteiger partial charge in [0.2, 0.25) is 10.0 Å². The number of oxazole rings is 1. The van der Waals surface area contributed by atoms with Gasteiger partial charge in [0, 0.05) is 50.2 Å². The number of rotatable bonds is 4. The number of benzene rings is 3. The first-order chi connectivity index (χ1) is 22.5. The lowest BCUT2D eigenvalue weighted by Gasteiger charge is -2.38. The van der Waals surface area contributed by atoms with Gasteiger partial charge in [-0.15, -0.1) is 0 Å². The molecule has 3 heterocycles. The van der Waals surface area contributed by atoms with Gasteiger partial charge in [0.1, 0.15) is 17.7 Å². The van der Waals surface area contributed by atoms with E-state index in [2.05, 4.69) is 15.6 Å². The van der Waals surface area contributed by atoms with Crippen LogP contribution in [0.5, 0.6) is 17.2 Å². The Morgan fingerprint density at radius 1 is 1.04 bits per heavy atom. The van der Waals surface area contributed by atoms with Gasteiger partial charge in [-0.3, -0.25) is 9.59 Å². The van der Waals surface area contributed by atoms with E-state index in [1.165, 1.54) is 41.9 Å². The molecular weight excluding hydrogens is 631 g/mol. The Morgan fingerprint density at radius 2 is 1.85 bits per heavy atom. The van der Waals surface area contributed by atoms with Gasteiger partial charge in [-0.2, -0.15) is 4.31 Å². The average molecular weight is 665 g/mol. The number of fused-ring (bicyclic) bond motifs is 5. The Labute approximate surface area is 270 Å². The summed E-state index contributed by atoms with van der Waals surface area (Å²) < 4.78 is 67.0. The predicted octanol–water partition coefficient (Wildman–Crippen LogP) is 3.76. The number of sulfonamides is 1. The number of methoxy groups -OCH3 is 1. The van der Waals surface area contributed by atoms with Crippen LogP contribution in [0, 0.1) is 19.7 Å². The molecule has 4 aromatic rings. The summed E-state index contributed by atoms with van der Waals surface area (Å²) in [5.41, 5.74) is 1.78. The fourth-order valence-corrected chi connectivity index (χ4v) is 7.37. The SMILES string of the molecule is COc1ccc2cc1OCC(=O)N[C@@H]1CN(S(=O)(=O)c3cc(-c4cnc(C)o4)ccc3C)CC[C@@H]1Oc1cc(F)cc(c1)CNC2=O. The van der Waals surface area contributed by atoms with Gasteiger partial charge >= 0.3 is 0 Å². The average Bonchev–Trinajstić information content (AvgIpc) is 3.48. The molecule has 2 amide bonds. The third kappa shape index (κ3) is 6.93. The molecule has 2 atom stereocenters. The molecule has 47 heavy (non-hydrogen) atoms. The van der Waals surface area contributed by atoms with Gasteiger partial charge in [0.25, 0.3) is 11.8 Å². The van der Waals surface area contributed by atoms with Gasteiger partial charge in [0.05, 0.1) is 24.2 Å². The van der Waals surface area contributed by atoms with Crippen LogP contribution in [-0.4, -0.2) is 68.5 Å². The van der Waals surface area contributed by atoms with Gasteiger partial charge in [0.15, 0.2) is 29.8 Å². The highest BCUT2D eigenvalue weighted by Crippen LogP contribution is 2.31. The van der Waals surface area contributed by atoms with E-state index in [1.54, 1.807) is 44.2 Å². The van der Waals surface area contributed by atoms with Crippen molar-refractivity contribution >= 4 is 21.8 Å². The topological polar surface area (TPSA) is 149 Å². The maximum atomic E-state index is 14.7. The first-order valence-corrected chi connectivity index (χ1v) is 16.3. The van der Waals surface area contributed by atoms with E-state index in [0.717, 1.165) is 0 Å². The number of nitrogens with one attached hydrogen (secondary N) is 2. The van der Waals surface area contributed by atoms with Crippen molar-refractivity contribution < 1.29 is 41.0 Å². The highest BCUT2D eigenvalue weighted by atomic mass is 32.2. The van der Waals surface area contributed by atoms with E-state index in [1.807, 2.05) is 0 Å². The molecule has 2 N–H and O–H groups in total. The minimum Gasteiger partial charge on any atom is -0.493 e. The summed E-state index contributed by atoms with van der Waals surface area (Å²) in [4.78, 5) is 30.3. The van der Waals surface area contributed by atoms with Gasteiger partial charge < -0.3 is 29.3 Å². The van der Waals surface area contributed by atoms with Crippen molar-refractivity contribution in [2.45, 2.75) is 43.9 Å². The van der Waals surface area contributed by atoms with Gasteiger partial charge in [-0.1, -0.05) is 12.1 Å². The van der Waals surface area contributed by atoms with Crippen LogP contribution in [0.15, 0.2) is 70.1 Å². The van der Waals surface area contributed by atoms with Crippen molar-refractivity contribution in [2.24, 2.45) is 0 Å². The molecule has 1 saturated heterocycles. The molecule has 0 saturated carbocycles. The van der Waals surface area contributed by atoms with E-state index in [4.69, 9.17) is 18.6 Å². The first-order valence-electron chi connectivity index (χ1n) is 14.9. The van der Waals surface area contributed by atoms with Crippen LogP contribution in [0.4, 0.5) is 4.39 Å². The number of aryl methyl sites for hydroxylation is 2. The molecule has 3 aromatic carbocycles. The number of amides is 2. The molecular formula is C33H33FN4O8S. The second kappa shape index (κ2) is 13.0. The molecule has 2 aliphatic rings. The second-order valence-corrected chi connectivity index (χ2v) is 13.2. The molecule has 1 aromatic heterocycles. The number of hydrogen-bond donors (Lipinski definition) is 2. The molecule has 0 spiro atoms. The molecule has 2 aliphatic heterocycles. The Balaban J connectivity index is 1.31. The van der Waals surface area contributed by atoms with Crippen LogP contribution in [0.2, 0.25) is 0 Å². The summed E-state index contributed by atoms with van der Waals surface area (Å²) in [5, 5.41) is 5.60. The molecule has 14 heteroatoms. The number of halogens is 1. The summed E-state index contributed by atoms with van der Waals surface area (Å²) in [7, 11) is -2.62. The fraction of sp³-hybridized carbons (Fsp3) is 0.303. The van der Waals surface area contributed by atoms with E-state index in [9.17, 15) is 22.4 Å². The fourth-order valence-electron chi connectivity index (χ4n) is 5.64. The van der Waals surface area contributed by atoms with Crippen LogP contribution in [-0.2, 0) is 21.4 Å². The number of ether oxygens (including phenoxy) is 3. The number of aromatic nitrogens is 1. The van der Waals surface area contributed by atoms with Crippen LogP contribution >= 0.6 is 0 Å². The molecule has 12 nitrogen and oxygen atoms in total. The zero-order valence-electron chi connectivity index (χ0n) is 25.9. The number of carbonyl (C=O) groups excluding carboxylic acids is 2. The highest BCUT2D eigenvalue weighted by Gasteiger charge is 2.38. The quantitative estimate of drug-likeness (QED) is 0.333. The highest BCUT2D eigenvalue weighted by molar-refractivity contribution is 7.89. The largest absolute Gasteiger partial charge is 0.493 e. The van der Waals surface area contributed by atoms with Gasteiger partial charge in [-0.05, 0) is 54.4 Å². The summed E-state index contributed by atoms with van der Waals surface area (Å²) in [6, 6.07) is 12.8. The van der Waals surface area contributed by atoms with Crippen LogP contribution in [0.1, 0.15) is 33.8 Å². The van der Waals surface area contributed by atoms with Crippen molar-refractivity contribution in [3.8, 4) is 28.6 Å². The maximum Gasteiger partial charge on any atom is 0.258 e. The maximum absolute atomic E-state index is 14.7. The molecule has 246 valence electrons. The lowest BCUT2D eigenvalue weighted by molar-refractivity contribution is -0.125. The summed E-state index contributed by atoms with van der Waals surface area (Å²) >= 11 is 0. The van der Waals surface area contributed by atoms with Crippen LogP contribution < -0.4 is 24.8 Å². The third-order valence-corrected chi connectivity index (χ3v) is 10.0. The second-order valence-electron chi connectivity index (χ2n) is 11.3. The Kier molecular flexibility index (Phi) is 8.88. The van der Waals surface area contributed by atoms with Crippen LogP contribution in [0.3, 0.4) is 0 Å². The monoisotopic (exact) mass is 664 g/mol. The summed E-state index contributed by atoms with van der Waals surface area (Å²) in [6.45, 7) is 2.91. The molecule has 0 radical (unpaired) electrons.